The molecule has 0 aliphatic heterocycles. The normalized spacial score (nSPS) is 12.8. The van der Waals surface area contributed by atoms with Gasteiger partial charge in [-0.3, -0.25) is 13.9 Å². The Labute approximate surface area is 254 Å². The average Bonchev–Trinajstić information content (AvgIpc) is 2.91. The number of halogens is 3. The summed E-state index contributed by atoms with van der Waals surface area (Å²) in [6, 6.07) is 20.1. The summed E-state index contributed by atoms with van der Waals surface area (Å²) in [5.74, 6) is -0.858. The molecule has 3 aromatic carbocycles. The summed E-state index contributed by atoms with van der Waals surface area (Å²) in [4.78, 5) is 29.2. The fourth-order valence-corrected chi connectivity index (χ4v) is 5.43. The number of rotatable bonds is 12. The Hall–Kier alpha value is -2.59. The van der Waals surface area contributed by atoms with Crippen LogP contribution in [0.3, 0.4) is 0 Å². The van der Waals surface area contributed by atoms with E-state index >= 15 is 0 Å². The molecule has 7 nitrogen and oxygen atoms in total. The zero-order valence-electron chi connectivity index (χ0n) is 22.5. The second kappa shape index (κ2) is 14.3. The minimum atomic E-state index is -3.91. The van der Waals surface area contributed by atoms with Gasteiger partial charge in [-0.15, -0.1) is 0 Å². The highest BCUT2D eigenvalue weighted by Crippen LogP contribution is 2.29. The van der Waals surface area contributed by atoms with Crippen molar-refractivity contribution in [3.8, 4) is 0 Å². The summed E-state index contributed by atoms with van der Waals surface area (Å²) >= 11 is 15.6. The largest absolute Gasteiger partial charge is 0.352 e. The molecular formula is C29H32BrCl2N3O4S. The molecule has 0 bridgehead atoms. The van der Waals surface area contributed by atoms with E-state index < -0.39 is 28.5 Å². The van der Waals surface area contributed by atoms with E-state index in [1.54, 1.807) is 0 Å². The first-order valence-electron chi connectivity index (χ1n) is 12.7. The third-order valence-corrected chi connectivity index (χ3v) is 8.82. The van der Waals surface area contributed by atoms with Crippen molar-refractivity contribution in [2.45, 2.75) is 45.3 Å². The van der Waals surface area contributed by atoms with E-state index in [2.05, 4.69) is 21.2 Å². The van der Waals surface area contributed by atoms with Crippen LogP contribution in [0.2, 0.25) is 10.0 Å². The molecule has 3 aromatic rings. The lowest BCUT2D eigenvalue weighted by Crippen LogP contribution is -2.54. The van der Waals surface area contributed by atoms with Gasteiger partial charge in [0, 0.05) is 23.5 Å². The second-order valence-electron chi connectivity index (χ2n) is 9.54. The molecule has 2 amide bonds. The summed E-state index contributed by atoms with van der Waals surface area (Å²) in [7, 11) is -3.91. The van der Waals surface area contributed by atoms with Crippen molar-refractivity contribution in [1.82, 2.24) is 10.2 Å². The molecule has 2 atom stereocenters. The maximum Gasteiger partial charge on any atom is 0.244 e. The molecule has 214 valence electrons. The van der Waals surface area contributed by atoms with Crippen LogP contribution in [0.25, 0.3) is 0 Å². The third kappa shape index (κ3) is 8.96. The van der Waals surface area contributed by atoms with Crippen LogP contribution < -0.4 is 9.62 Å². The van der Waals surface area contributed by atoms with Crippen LogP contribution in [-0.4, -0.2) is 50.0 Å². The van der Waals surface area contributed by atoms with Crippen LogP contribution in [0.15, 0.2) is 77.3 Å². The number of carbonyl (C=O) groups excluding carboxylic acids is 2. The highest BCUT2D eigenvalue weighted by Gasteiger charge is 2.33. The second-order valence-corrected chi connectivity index (χ2v) is 13.2. The zero-order valence-corrected chi connectivity index (χ0v) is 26.4. The molecule has 1 N–H and O–H groups in total. The van der Waals surface area contributed by atoms with E-state index in [0.29, 0.717) is 6.42 Å². The van der Waals surface area contributed by atoms with E-state index in [-0.39, 0.29) is 40.6 Å². The molecule has 0 saturated heterocycles. The third-order valence-electron chi connectivity index (χ3n) is 6.41. The van der Waals surface area contributed by atoms with Crippen molar-refractivity contribution >= 4 is 66.7 Å². The van der Waals surface area contributed by atoms with Crippen LogP contribution >= 0.6 is 39.1 Å². The van der Waals surface area contributed by atoms with Gasteiger partial charge in [0.15, 0.2) is 0 Å². The van der Waals surface area contributed by atoms with Gasteiger partial charge in [-0.2, -0.15) is 0 Å². The van der Waals surface area contributed by atoms with Gasteiger partial charge in [-0.05, 0) is 54.8 Å². The Bertz CT molecular complexity index is 1420. The minimum Gasteiger partial charge on any atom is -0.352 e. The molecule has 3 rings (SSSR count). The Morgan fingerprint density at radius 3 is 2.17 bits per heavy atom. The van der Waals surface area contributed by atoms with Gasteiger partial charge in [0.1, 0.15) is 12.6 Å². The van der Waals surface area contributed by atoms with E-state index in [0.717, 1.165) is 26.2 Å². The summed E-state index contributed by atoms with van der Waals surface area (Å²) in [6.45, 7) is 3.42. The van der Waals surface area contributed by atoms with Crippen molar-refractivity contribution in [1.29, 1.82) is 0 Å². The minimum absolute atomic E-state index is 0.0938. The lowest BCUT2D eigenvalue weighted by molar-refractivity contribution is -0.140. The maximum absolute atomic E-state index is 14.1. The molecule has 11 heteroatoms. The van der Waals surface area contributed by atoms with E-state index in [1.807, 2.05) is 68.4 Å². The van der Waals surface area contributed by atoms with Crippen LogP contribution in [0.1, 0.15) is 31.4 Å². The quantitative estimate of drug-likeness (QED) is 0.254. The Morgan fingerprint density at radius 2 is 1.60 bits per heavy atom. The highest BCUT2D eigenvalue weighted by molar-refractivity contribution is 9.10. The van der Waals surface area contributed by atoms with E-state index in [4.69, 9.17) is 23.2 Å². The van der Waals surface area contributed by atoms with Crippen molar-refractivity contribution in [2.24, 2.45) is 0 Å². The predicted molar refractivity (Wildman–Crippen MR) is 165 cm³/mol. The molecule has 0 aromatic heterocycles. The number of nitrogens with one attached hydrogen (secondary N) is 1. The van der Waals surface area contributed by atoms with Crippen molar-refractivity contribution < 1.29 is 18.0 Å². The molecular weight excluding hydrogens is 637 g/mol. The van der Waals surface area contributed by atoms with Crippen molar-refractivity contribution in [2.75, 3.05) is 17.1 Å². The van der Waals surface area contributed by atoms with Gasteiger partial charge in [0.25, 0.3) is 0 Å². The van der Waals surface area contributed by atoms with Crippen LogP contribution in [0.4, 0.5) is 5.69 Å². The zero-order chi connectivity index (χ0) is 29.4. The van der Waals surface area contributed by atoms with Gasteiger partial charge in [-0.1, -0.05) is 88.5 Å². The molecule has 0 radical (unpaired) electrons. The fraction of sp³-hybridized carbons (Fsp3) is 0.310. The number of nitrogens with zero attached hydrogens (tertiary/aromatic N) is 2. The van der Waals surface area contributed by atoms with E-state index in [1.165, 1.54) is 23.1 Å². The van der Waals surface area contributed by atoms with Gasteiger partial charge in [0.2, 0.25) is 21.8 Å². The molecule has 0 saturated carbocycles. The summed E-state index contributed by atoms with van der Waals surface area (Å²) in [5, 5.41) is 3.42. The number of anilines is 1. The SMILES string of the molecule is CC[C@H](C)NC(=O)[C@H](Cc1ccccc1)N(Cc1ccc(Br)cc1)C(=O)CN(c1ccc(Cl)c(Cl)c1)S(C)(=O)=O. The van der Waals surface area contributed by atoms with Gasteiger partial charge >= 0.3 is 0 Å². The molecule has 0 aliphatic rings. The average molecular weight is 669 g/mol. The number of benzene rings is 3. The Morgan fingerprint density at radius 1 is 0.950 bits per heavy atom. The van der Waals surface area contributed by atoms with Gasteiger partial charge < -0.3 is 10.2 Å². The number of hydrogen-bond acceptors (Lipinski definition) is 4. The van der Waals surface area contributed by atoms with Crippen LogP contribution in [0.5, 0.6) is 0 Å². The number of hydrogen-bond donors (Lipinski definition) is 1. The molecule has 40 heavy (non-hydrogen) atoms. The first kappa shape index (κ1) is 31.9. The first-order valence-corrected chi connectivity index (χ1v) is 16.1. The summed E-state index contributed by atoms with van der Waals surface area (Å²) in [6.07, 6.45) is 1.97. The standard InChI is InChI=1S/C29H32BrCl2N3O4S/c1-4-20(2)33-29(37)27(16-21-8-6-5-7-9-21)34(18-22-10-12-23(30)13-11-22)28(36)19-35(40(3,38)39)24-14-15-25(31)26(32)17-24/h5-15,17,20,27H,4,16,18-19H2,1-3H3,(H,33,37)/t20-,27-/m0/s1. The van der Waals surface area contributed by atoms with Crippen molar-refractivity contribution in [3.05, 3.63) is 98.4 Å². The summed E-state index contributed by atoms with van der Waals surface area (Å²) < 4.78 is 27.5. The molecule has 0 spiro atoms. The highest BCUT2D eigenvalue weighted by atomic mass is 79.9. The molecule has 0 aliphatic carbocycles. The van der Waals surface area contributed by atoms with Crippen molar-refractivity contribution in [3.63, 3.8) is 0 Å². The van der Waals surface area contributed by atoms with Crippen LogP contribution in [-0.2, 0) is 32.6 Å². The number of carbonyl (C=O) groups is 2. The Balaban J connectivity index is 2.06. The lowest BCUT2D eigenvalue weighted by Gasteiger charge is -2.34. The predicted octanol–water partition coefficient (Wildman–Crippen LogP) is 6.08. The molecule has 0 unspecified atom stereocenters. The molecule has 0 fully saturated rings. The number of sulfonamides is 1. The molecule has 0 heterocycles. The van der Waals surface area contributed by atoms with Gasteiger partial charge in [0.05, 0.1) is 22.0 Å². The maximum atomic E-state index is 14.1. The smallest absolute Gasteiger partial charge is 0.244 e. The van der Waals surface area contributed by atoms with Crippen LogP contribution in [0, 0.1) is 0 Å². The van der Waals surface area contributed by atoms with Gasteiger partial charge in [-0.25, -0.2) is 8.42 Å². The van der Waals surface area contributed by atoms with E-state index in [9.17, 15) is 18.0 Å². The topological polar surface area (TPSA) is 86.8 Å². The monoisotopic (exact) mass is 667 g/mol. The lowest BCUT2D eigenvalue weighted by atomic mass is 10.0. The first-order chi connectivity index (χ1) is 18.9. The number of amides is 2. The Kier molecular flexibility index (Phi) is 11.5. The summed E-state index contributed by atoms with van der Waals surface area (Å²) in [5.41, 5.74) is 1.84. The fourth-order valence-electron chi connectivity index (χ4n) is 4.04.